The van der Waals surface area contributed by atoms with Crippen LogP contribution in [0.25, 0.3) is 10.9 Å². The van der Waals surface area contributed by atoms with Crippen LogP contribution in [-0.4, -0.2) is 40.2 Å². The topological polar surface area (TPSA) is 51.5 Å². The van der Waals surface area contributed by atoms with E-state index in [1.54, 1.807) is 6.20 Å². The molecule has 0 N–H and O–H groups in total. The quantitative estimate of drug-likeness (QED) is 0.394. The van der Waals surface area contributed by atoms with Crippen LogP contribution >= 0.6 is 15.9 Å². The van der Waals surface area contributed by atoms with E-state index < -0.39 is 5.97 Å². The number of halogens is 1. The van der Waals surface area contributed by atoms with Gasteiger partial charge in [0.05, 0.1) is 5.52 Å². The Morgan fingerprint density at radius 3 is 2.41 bits per heavy atom. The van der Waals surface area contributed by atoms with E-state index in [4.69, 9.17) is 4.74 Å². The molecule has 3 rings (SSSR count). The summed E-state index contributed by atoms with van der Waals surface area (Å²) >= 11 is 3.53. The van der Waals surface area contributed by atoms with Crippen LogP contribution in [0.1, 0.15) is 89.5 Å². The molecule has 176 valence electrons. The van der Waals surface area contributed by atoms with E-state index in [0.29, 0.717) is 23.5 Å². The Morgan fingerprint density at radius 2 is 1.78 bits per heavy atom. The first-order valence-electron chi connectivity index (χ1n) is 12.0. The lowest BCUT2D eigenvalue weighted by Crippen LogP contribution is -2.39. The van der Waals surface area contributed by atoms with Crippen LogP contribution < -0.4 is 5.43 Å². The van der Waals surface area contributed by atoms with Crippen LogP contribution in [0.15, 0.2) is 33.7 Å². The van der Waals surface area contributed by atoms with Crippen molar-refractivity contribution < 1.29 is 9.53 Å². The predicted molar refractivity (Wildman–Crippen MR) is 135 cm³/mol. The number of hydrogen-bond acceptors (Lipinski definition) is 4. The van der Waals surface area contributed by atoms with E-state index in [-0.39, 0.29) is 17.1 Å². The molecule has 5 nitrogen and oxygen atoms in total. The Balaban J connectivity index is 1.86. The van der Waals surface area contributed by atoms with Crippen molar-refractivity contribution in [2.45, 2.75) is 97.4 Å². The second kappa shape index (κ2) is 11.0. The largest absolute Gasteiger partial charge is 0.459 e. The summed E-state index contributed by atoms with van der Waals surface area (Å²) in [6.07, 6.45) is 7.94. The minimum Gasteiger partial charge on any atom is -0.459 e. The van der Waals surface area contributed by atoms with Gasteiger partial charge in [0, 0.05) is 40.7 Å². The number of carbonyl (C=O) groups is 1. The summed E-state index contributed by atoms with van der Waals surface area (Å²) in [4.78, 5) is 28.7. The third-order valence-electron chi connectivity index (χ3n) is 6.61. The molecule has 0 saturated heterocycles. The van der Waals surface area contributed by atoms with E-state index >= 15 is 0 Å². The summed E-state index contributed by atoms with van der Waals surface area (Å²) in [7, 11) is 0. The Hall–Kier alpha value is -1.66. The van der Waals surface area contributed by atoms with Crippen molar-refractivity contribution in [1.82, 2.24) is 9.47 Å². The zero-order valence-electron chi connectivity index (χ0n) is 20.1. The number of aromatic nitrogens is 1. The molecule has 1 fully saturated rings. The monoisotopic (exact) mass is 504 g/mol. The van der Waals surface area contributed by atoms with Gasteiger partial charge in [0.25, 0.3) is 0 Å². The lowest BCUT2D eigenvalue weighted by Gasteiger charge is -2.31. The number of carbonyl (C=O) groups excluding carboxylic acids is 1. The van der Waals surface area contributed by atoms with Crippen LogP contribution in [0.5, 0.6) is 0 Å². The van der Waals surface area contributed by atoms with Gasteiger partial charge < -0.3 is 9.30 Å². The Labute approximate surface area is 200 Å². The summed E-state index contributed by atoms with van der Waals surface area (Å²) in [6, 6.07) is 6.82. The maximum Gasteiger partial charge on any atom is 0.343 e. The third-order valence-corrected chi connectivity index (χ3v) is 7.11. The van der Waals surface area contributed by atoms with Gasteiger partial charge >= 0.3 is 5.97 Å². The first-order valence-corrected chi connectivity index (χ1v) is 12.8. The zero-order chi connectivity index (χ0) is 23.4. The number of pyridine rings is 1. The van der Waals surface area contributed by atoms with Crippen LogP contribution in [0.4, 0.5) is 0 Å². The molecular weight excluding hydrogens is 468 g/mol. The lowest BCUT2D eigenvalue weighted by molar-refractivity contribution is 0.0280. The summed E-state index contributed by atoms with van der Waals surface area (Å²) < 4.78 is 8.82. The van der Waals surface area contributed by atoms with Gasteiger partial charge in [0.15, 0.2) is 0 Å². The average molecular weight is 505 g/mol. The van der Waals surface area contributed by atoms with Gasteiger partial charge in [0.2, 0.25) is 5.43 Å². The van der Waals surface area contributed by atoms with Gasteiger partial charge in [-0.05, 0) is 72.1 Å². The Kier molecular flexibility index (Phi) is 8.56. The molecular formula is C26H37BrN2O3. The normalized spacial score (nSPS) is 16.3. The highest BCUT2D eigenvalue weighted by Gasteiger charge is 2.24. The number of fused-ring (bicyclic) bond motifs is 1. The highest BCUT2D eigenvalue weighted by atomic mass is 79.9. The smallest absolute Gasteiger partial charge is 0.343 e. The summed E-state index contributed by atoms with van der Waals surface area (Å²) in [5.41, 5.74) is 0.773. The molecule has 1 atom stereocenters. The summed E-state index contributed by atoms with van der Waals surface area (Å²) in [5.74, 6) is -0.516. The molecule has 6 heteroatoms. The van der Waals surface area contributed by atoms with Crippen LogP contribution in [0.3, 0.4) is 0 Å². The minimum atomic E-state index is -0.516. The van der Waals surface area contributed by atoms with Crippen LogP contribution in [0, 0.1) is 0 Å². The van der Waals surface area contributed by atoms with E-state index in [1.807, 2.05) is 25.1 Å². The van der Waals surface area contributed by atoms with E-state index in [0.717, 1.165) is 35.8 Å². The highest BCUT2D eigenvalue weighted by molar-refractivity contribution is 9.10. The van der Waals surface area contributed by atoms with Crippen molar-refractivity contribution in [2.24, 2.45) is 0 Å². The number of ether oxygens (including phenoxy) is 1. The molecule has 1 aliphatic carbocycles. The van der Waals surface area contributed by atoms with Gasteiger partial charge in [-0.15, -0.1) is 0 Å². The highest BCUT2D eigenvalue weighted by Crippen LogP contribution is 2.31. The summed E-state index contributed by atoms with van der Waals surface area (Å²) in [6.45, 7) is 11.5. The van der Waals surface area contributed by atoms with E-state index in [1.165, 1.54) is 19.3 Å². The predicted octanol–water partition coefficient (Wildman–Crippen LogP) is 6.32. The van der Waals surface area contributed by atoms with Crippen molar-refractivity contribution in [3.63, 3.8) is 0 Å². The number of benzene rings is 1. The minimum absolute atomic E-state index is 0.141. The second-order valence-corrected chi connectivity index (χ2v) is 10.6. The third kappa shape index (κ3) is 5.82. The number of esters is 1. The average Bonchev–Trinajstić information content (AvgIpc) is 2.74. The molecule has 0 amide bonds. The zero-order valence-corrected chi connectivity index (χ0v) is 21.7. The number of rotatable bonds is 8. The van der Waals surface area contributed by atoms with Gasteiger partial charge in [-0.25, -0.2) is 4.79 Å². The summed E-state index contributed by atoms with van der Waals surface area (Å²) in [5, 5.41) is 0.576. The Bertz CT molecular complexity index is 984. The fourth-order valence-electron chi connectivity index (χ4n) is 4.88. The maximum absolute atomic E-state index is 13.2. The molecule has 0 bridgehead atoms. The fourth-order valence-corrected chi connectivity index (χ4v) is 5.23. The van der Waals surface area contributed by atoms with Gasteiger partial charge in [-0.2, -0.15) is 0 Å². The van der Waals surface area contributed by atoms with Gasteiger partial charge in [-0.1, -0.05) is 35.2 Å². The van der Waals surface area contributed by atoms with E-state index in [2.05, 4.69) is 53.1 Å². The van der Waals surface area contributed by atoms with Crippen molar-refractivity contribution >= 4 is 32.8 Å². The lowest BCUT2D eigenvalue weighted by atomic mass is 9.94. The Morgan fingerprint density at radius 1 is 1.12 bits per heavy atom. The molecule has 1 aromatic carbocycles. The van der Waals surface area contributed by atoms with Crippen LogP contribution in [0.2, 0.25) is 0 Å². The first-order chi connectivity index (χ1) is 15.2. The molecule has 1 saturated carbocycles. The molecule has 32 heavy (non-hydrogen) atoms. The number of nitrogens with zero attached hydrogens (tertiary/aromatic N) is 2. The van der Waals surface area contributed by atoms with Crippen molar-refractivity contribution in [1.29, 1.82) is 0 Å². The fraction of sp³-hybridized carbons (Fsp3) is 0.615. The van der Waals surface area contributed by atoms with Crippen molar-refractivity contribution in [3.05, 3.63) is 44.7 Å². The molecule has 1 aliphatic rings. The molecule has 0 aliphatic heterocycles. The molecule has 1 aromatic heterocycles. The number of hydrogen-bond donors (Lipinski definition) is 0. The molecule has 2 aromatic rings. The SMILES string of the molecule is CC(CCN(C(C)C)C(C)C)OC(=O)c1cn(C2CCCCC2)c2cc(Br)ccc2c1=O. The molecule has 0 radical (unpaired) electrons. The molecule has 1 unspecified atom stereocenters. The standard InChI is InChI=1S/C26H37BrN2O3/c1-17(2)28(18(3)4)14-13-19(5)32-26(31)23-16-29(21-9-7-6-8-10-21)24-15-20(27)11-12-22(24)25(23)30/h11-12,15-19,21H,6-10,13-14H2,1-5H3. The van der Waals surface area contributed by atoms with Gasteiger partial charge in [-0.3, -0.25) is 9.69 Å². The van der Waals surface area contributed by atoms with Crippen molar-refractivity contribution in [3.8, 4) is 0 Å². The van der Waals surface area contributed by atoms with E-state index in [9.17, 15) is 9.59 Å². The van der Waals surface area contributed by atoms with Crippen molar-refractivity contribution in [2.75, 3.05) is 6.54 Å². The second-order valence-electron chi connectivity index (χ2n) is 9.66. The van der Waals surface area contributed by atoms with Crippen LogP contribution in [-0.2, 0) is 4.74 Å². The first kappa shape index (κ1) is 25.0. The van der Waals surface area contributed by atoms with Gasteiger partial charge in [0.1, 0.15) is 11.7 Å². The molecule has 1 heterocycles. The maximum atomic E-state index is 13.2. The molecule has 0 spiro atoms.